The van der Waals surface area contributed by atoms with Crippen LogP contribution in [-0.4, -0.2) is 23.2 Å². The summed E-state index contributed by atoms with van der Waals surface area (Å²) in [5.74, 6) is 0.0978. The first kappa shape index (κ1) is 15.3. The summed E-state index contributed by atoms with van der Waals surface area (Å²) < 4.78 is 5.17. The minimum Gasteiger partial charge on any atom is -0.459 e. The van der Waals surface area contributed by atoms with E-state index < -0.39 is 11.5 Å². The lowest BCUT2D eigenvalue weighted by atomic mass is 10.0. The van der Waals surface area contributed by atoms with E-state index >= 15 is 0 Å². The van der Waals surface area contributed by atoms with Crippen molar-refractivity contribution in [3.63, 3.8) is 0 Å². The summed E-state index contributed by atoms with van der Waals surface area (Å²) in [5, 5.41) is 0. The maximum atomic E-state index is 11.4. The molecule has 4 nitrogen and oxygen atoms in total. The van der Waals surface area contributed by atoms with Gasteiger partial charge in [-0.3, -0.25) is 9.59 Å². The van der Waals surface area contributed by atoms with E-state index in [9.17, 15) is 9.59 Å². The van der Waals surface area contributed by atoms with Gasteiger partial charge in [-0.05, 0) is 32.4 Å². The van der Waals surface area contributed by atoms with Crippen molar-refractivity contribution < 1.29 is 14.3 Å². The maximum Gasteiger partial charge on any atom is 0.306 e. The quantitative estimate of drug-likeness (QED) is 0.389. The molecule has 0 spiro atoms. The van der Waals surface area contributed by atoms with Gasteiger partial charge in [0.2, 0.25) is 5.91 Å². The van der Waals surface area contributed by atoms with Gasteiger partial charge >= 0.3 is 5.97 Å². The fraction of sp³-hybridized carbons (Fsp3) is 0.818. The van der Waals surface area contributed by atoms with Crippen LogP contribution in [-0.2, 0) is 14.3 Å². The van der Waals surface area contributed by atoms with Crippen molar-refractivity contribution in [1.29, 1.82) is 0 Å². The number of carbonyl (C=O) groups excluding carboxylic acids is 2. The van der Waals surface area contributed by atoms with E-state index in [0.29, 0.717) is 6.42 Å². The van der Waals surface area contributed by atoms with Crippen molar-refractivity contribution in [2.75, 3.05) is 5.75 Å². The molecule has 2 N–H and O–H groups in total. The third-order valence-corrected chi connectivity index (χ3v) is 2.35. The predicted molar refractivity (Wildman–Crippen MR) is 66.3 cm³/mol. The zero-order chi connectivity index (χ0) is 12.6. The van der Waals surface area contributed by atoms with E-state index in [4.69, 9.17) is 10.5 Å². The number of rotatable bonds is 8. The Labute approximate surface area is 102 Å². The number of ether oxygens (including phenoxy) is 1. The molecule has 0 rings (SSSR count). The first-order valence-electron chi connectivity index (χ1n) is 5.48. The van der Waals surface area contributed by atoms with Crippen LogP contribution in [0.15, 0.2) is 0 Å². The predicted octanol–water partition coefficient (Wildman–Crippen LogP) is 1.67. The summed E-state index contributed by atoms with van der Waals surface area (Å²) in [4.78, 5) is 22.1. The molecule has 0 fully saturated rings. The number of hydrogen-bond acceptors (Lipinski definition) is 4. The Kier molecular flexibility index (Phi) is 7.21. The SMILES string of the molecule is CC(C)(CC(N)=O)OC(=O)CCCCCS. The van der Waals surface area contributed by atoms with Crippen LogP contribution in [0, 0.1) is 0 Å². The number of primary amides is 1. The Morgan fingerprint density at radius 1 is 1.25 bits per heavy atom. The summed E-state index contributed by atoms with van der Waals surface area (Å²) in [6.07, 6.45) is 3.20. The third-order valence-electron chi connectivity index (χ3n) is 2.03. The van der Waals surface area contributed by atoms with Gasteiger partial charge in [0.05, 0.1) is 6.42 Å². The van der Waals surface area contributed by atoms with Crippen molar-refractivity contribution in [2.24, 2.45) is 5.73 Å². The van der Waals surface area contributed by atoms with Gasteiger partial charge in [0.1, 0.15) is 5.60 Å². The molecular formula is C11H21NO3S. The van der Waals surface area contributed by atoms with E-state index in [1.807, 2.05) is 0 Å². The van der Waals surface area contributed by atoms with E-state index in [0.717, 1.165) is 25.0 Å². The Morgan fingerprint density at radius 3 is 2.38 bits per heavy atom. The van der Waals surface area contributed by atoms with E-state index in [2.05, 4.69) is 12.6 Å². The van der Waals surface area contributed by atoms with Crippen LogP contribution < -0.4 is 5.73 Å². The zero-order valence-electron chi connectivity index (χ0n) is 9.99. The second kappa shape index (κ2) is 7.54. The highest BCUT2D eigenvalue weighted by atomic mass is 32.1. The number of carbonyl (C=O) groups is 2. The molecule has 0 heterocycles. The highest BCUT2D eigenvalue weighted by molar-refractivity contribution is 7.80. The molecule has 0 saturated carbocycles. The normalized spacial score (nSPS) is 11.2. The number of thiol groups is 1. The molecule has 0 atom stereocenters. The molecule has 0 bridgehead atoms. The van der Waals surface area contributed by atoms with Crippen LogP contribution in [0.1, 0.15) is 46.0 Å². The monoisotopic (exact) mass is 247 g/mol. The van der Waals surface area contributed by atoms with Crippen LogP contribution in [0.3, 0.4) is 0 Å². The molecule has 0 aliphatic rings. The van der Waals surface area contributed by atoms with Gasteiger partial charge in [0.15, 0.2) is 0 Å². The number of nitrogens with two attached hydrogens (primary N) is 1. The molecule has 0 aromatic rings. The minimum absolute atomic E-state index is 0.0510. The van der Waals surface area contributed by atoms with Gasteiger partial charge in [0.25, 0.3) is 0 Å². The van der Waals surface area contributed by atoms with Crippen molar-refractivity contribution in [3.05, 3.63) is 0 Å². The highest BCUT2D eigenvalue weighted by Crippen LogP contribution is 2.15. The zero-order valence-corrected chi connectivity index (χ0v) is 10.9. The van der Waals surface area contributed by atoms with Gasteiger partial charge in [0, 0.05) is 6.42 Å². The van der Waals surface area contributed by atoms with Crippen LogP contribution >= 0.6 is 12.6 Å². The standard InChI is InChI=1S/C11H21NO3S/c1-11(2,8-9(12)13)15-10(14)6-4-3-5-7-16/h16H,3-8H2,1-2H3,(H2,12,13). The first-order valence-corrected chi connectivity index (χ1v) is 6.11. The first-order chi connectivity index (χ1) is 7.37. The van der Waals surface area contributed by atoms with Crippen LogP contribution in [0.5, 0.6) is 0 Å². The number of unbranched alkanes of at least 4 members (excludes halogenated alkanes) is 2. The van der Waals surface area contributed by atoms with Crippen LogP contribution in [0.4, 0.5) is 0 Å². The second-order valence-corrected chi connectivity index (χ2v) is 4.86. The van der Waals surface area contributed by atoms with Crippen LogP contribution in [0.25, 0.3) is 0 Å². The van der Waals surface area contributed by atoms with Gasteiger partial charge in [-0.25, -0.2) is 0 Å². The molecular weight excluding hydrogens is 226 g/mol. The average Bonchev–Trinajstić information content (AvgIpc) is 2.09. The third kappa shape index (κ3) is 8.59. The molecule has 0 aliphatic heterocycles. The van der Waals surface area contributed by atoms with Gasteiger partial charge in [-0.15, -0.1) is 0 Å². The van der Waals surface area contributed by atoms with Crippen molar-refractivity contribution in [1.82, 2.24) is 0 Å². The lowest BCUT2D eigenvalue weighted by Crippen LogP contribution is -2.33. The Bertz CT molecular complexity index is 241. The Morgan fingerprint density at radius 2 is 1.88 bits per heavy atom. The Hall–Kier alpha value is -0.710. The van der Waals surface area contributed by atoms with Crippen molar-refractivity contribution in [2.45, 2.75) is 51.6 Å². The van der Waals surface area contributed by atoms with Crippen LogP contribution in [0.2, 0.25) is 0 Å². The summed E-state index contributed by atoms with van der Waals surface area (Å²) in [7, 11) is 0. The van der Waals surface area contributed by atoms with Gasteiger partial charge < -0.3 is 10.5 Å². The number of esters is 1. The summed E-state index contributed by atoms with van der Waals surface area (Å²) >= 11 is 4.08. The summed E-state index contributed by atoms with van der Waals surface area (Å²) in [6.45, 7) is 3.37. The fourth-order valence-electron chi connectivity index (χ4n) is 1.37. The molecule has 0 aromatic heterocycles. The van der Waals surface area contributed by atoms with Gasteiger partial charge in [-0.1, -0.05) is 6.42 Å². The summed E-state index contributed by atoms with van der Waals surface area (Å²) in [5.41, 5.74) is 4.26. The van der Waals surface area contributed by atoms with Crippen molar-refractivity contribution >= 4 is 24.5 Å². The second-order valence-electron chi connectivity index (χ2n) is 4.41. The highest BCUT2D eigenvalue weighted by Gasteiger charge is 2.24. The van der Waals surface area contributed by atoms with E-state index in [-0.39, 0.29) is 12.4 Å². The lowest BCUT2D eigenvalue weighted by molar-refractivity contribution is -0.158. The molecule has 16 heavy (non-hydrogen) atoms. The van der Waals surface area contributed by atoms with E-state index in [1.165, 1.54) is 0 Å². The molecule has 0 saturated heterocycles. The molecule has 1 amide bonds. The van der Waals surface area contributed by atoms with Crippen molar-refractivity contribution in [3.8, 4) is 0 Å². The fourth-order valence-corrected chi connectivity index (χ4v) is 1.60. The largest absolute Gasteiger partial charge is 0.459 e. The van der Waals surface area contributed by atoms with E-state index in [1.54, 1.807) is 13.8 Å². The molecule has 0 aromatic carbocycles. The number of amides is 1. The van der Waals surface area contributed by atoms with Gasteiger partial charge in [-0.2, -0.15) is 12.6 Å². The molecule has 94 valence electrons. The Balaban J connectivity index is 3.80. The minimum atomic E-state index is -0.799. The lowest BCUT2D eigenvalue weighted by Gasteiger charge is -2.23. The molecule has 5 heteroatoms. The molecule has 0 aliphatic carbocycles. The number of hydrogen-bond donors (Lipinski definition) is 2. The average molecular weight is 247 g/mol. The summed E-state index contributed by atoms with van der Waals surface area (Å²) in [6, 6.07) is 0. The smallest absolute Gasteiger partial charge is 0.306 e. The topological polar surface area (TPSA) is 69.4 Å². The molecule has 0 radical (unpaired) electrons. The molecule has 0 unspecified atom stereocenters. The maximum absolute atomic E-state index is 11.4.